The van der Waals surface area contributed by atoms with E-state index in [2.05, 4.69) is 25.7 Å². The summed E-state index contributed by atoms with van der Waals surface area (Å²) in [5, 5.41) is 13.7. The number of nitrogens with one attached hydrogen (secondary N) is 1. The molecule has 3 N–H and O–H groups in total. The van der Waals surface area contributed by atoms with Crippen LogP contribution in [0.15, 0.2) is 0 Å². The van der Waals surface area contributed by atoms with Gasteiger partial charge in [-0.25, -0.2) is 4.68 Å². The van der Waals surface area contributed by atoms with Crippen molar-refractivity contribution >= 4 is 11.9 Å². The molecule has 1 aromatic rings. The lowest BCUT2D eigenvalue weighted by Gasteiger charge is -2.29. The number of carbonyl (C=O) groups is 1. The maximum Gasteiger partial charge on any atom is 0.241 e. The molecule has 3 rings (SSSR count). The van der Waals surface area contributed by atoms with Crippen LogP contribution in [0.1, 0.15) is 51.4 Å². The minimum absolute atomic E-state index is 0.0812. The molecule has 0 spiro atoms. The molecule has 1 aromatic heterocycles. The summed E-state index contributed by atoms with van der Waals surface area (Å²) < 4.78 is 1.31. The lowest BCUT2D eigenvalue weighted by atomic mass is 9.96. The molecule has 1 aliphatic heterocycles. The van der Waals surface area contributed by atoms with Crippen LogP contribution in [0.4, 0.5) is 5.95 Å². The van der Waals surface area contributed by atoms with E-state index in [1.165, 1.54) is 62.6 Å². The Labute approximate surface area is 143 Å². The first-order valence-corrected chi connectivity index (χ1v) is 9.25. The molecular formula is C16H29N7O. The molecule has 8 heteroatoms. The molecule has 1 saturated heterocycles. The summed E-state index contributed by atoms with van der Waals surface area (Å²) in [7, 11) is 0. The van der Waals surface area contributed by atoms with Crippen LogP contribution in [0.25, 0.3) is 0 Å². The highest BCUT2D eigenvalue weighted by atomic mass is 16.2. The van der Waals surface area contributed by atoms with E-state index in [1.54, 1.807) is 0 Å². The van der Waals surface area contributed by atoms with E-state index in [-0.39, 0.29) is 18.4 Å². The Morgan fingerprint density at radius 1 is 1.17 bits per heavy atom. The predicted octanol–water partition coefficient (Wildman–Crippen LogP) is 0.806. The lowest BCUT2D eigenvalue weighted by Crippen LogP contribution is -2.36. The van der Waals surface area contributed by atoms with Gasteiger partial charge in [0.25, 0.3) is 0 Å². The second kappa shape index (κ2) is 8.41. The minimum atomic E-state index is -0.0848. The largest absolute Gasteiger partial charge is 0.367 e. The average molecular weight is 335 g/mol. The molecule has 2 aliphatic rings. The molecule has 2 fully saturated rings. The second-order valence-electron chi connectivity index (χ2n) is 7.15. The van der Waals surface area contributed by atoms with Gasteiger partial charge in [0, 0.05) is 19.1 Å². The molecule has 134 valence electrons. The first-order chi connectivity index (χ1) is 11.7. The smallest absolute Gasteiger partial charge is 0.241 e. The Bertz CT molecular complexity index is 524. The Hall–Kier alpha value is -1.70. The number of carbonyl (C=O) groups excluding carboxylic acids is 1. The van der Waals surface area contributed by atoms with Gasteiger partial charge in [-0.05, 0) is 42.2 Å². The molecule has 8 nitrogen and oxygen atoms in total. The number of tetrazole rings is 1. The van der Waals surface area contributed by atoms with Crippen LogP contribution in [0.5, 0.6) is 0 Å². The molecule has 24 heavy (non-hydrogen) atoms. The quantitative estimate of drug-likeness (QED) is 0.825. The SMILES string of the molecule is Nc1nnnn1CC(=O)NCC1CCN(C2CCCCCCC2)C1. The topological polar surface area (TPSA) is 102 Å². The molecule has 1 saturated carbocycles. The van der Waals surface area contributed by atoms with Crippen molar-refractivity contribution in [3.8, 4) is 0 Å². The summed E-state index contributed by atoms with van der Waals surface area (Å²) in [6.07, 6.45) is 10.8. The standard InChI is InChI=1S/C16H29N7O/c17-16-19-20-21-23(16)12-15(24)18-10-13-8-9-22(11-13)14-6-4-2-1-3-5-7-14/h13-14H,1-12H2,(H,18,24)(H2,17,19,21). The van der Waals surface area contributed by atoms with E-state index in [1.807, 2.05) is 0 Å². The summed E-state index contributed by atoms with van der Waals surface area (Å²) in [5.74, 6) is 0.630. The number of aromatic nitrogens is 4. The molecular weight excluding hydrogens is 306 g/mol. The highest BCUT2D eigenvalue weighted by Crippen LogP contribution is 2.26. The van der Waals surface area contributed by atoms with Gasteiger partial charge in [0.2, 0.25) is 11.9 Å². The summed E-state index contributed by atoms with van der Waals surface area (Å²) in [4.78, 5) is 14.6. The van der Waals surface area contributed by atoms with E-state index < -0.39 is 0 Å². The van der Waals surface area contributed by atoms with Crippen molar-refractivity contribution in [2.45, 2.75) is 64.0 Å². The highest BCUT2D eigenvalue weighted by Gasteiger charge is 2.28. The van der Waals surface area contributed by atoms with Gasteiger partial charge in [-0.15, -0.1) is 0 Å². The molecule has 1 aliphatic carbocycles. The second-order valence-corrected chi connectivity index (χ2v) is 7.15. The van der Waals surface area contributed by atoms with Crippen molar-refractivity contribution in [3.05, 3.63) is 0 Å². The fourth-order valence-electron chi connectivity index (χ4n) is 3.93. The lowest BCUT2D eigenvalue weighted by molar-refractivity contribution is -0.122. The third-order valence-corrected chi connectivity index (χ3v) is 5.35. The van der Waals surface area contributed by atoms with E-state index in [0.717, 1.165) is 19.1 Å². The average Bonchev–Trinajstić information content (AvgIpc) is 3.15. The fraction of sp³-hybridized carbons (Fsp3) is 0.875. The van der Waals surface area contributed by atoms with Gasteiger partial charge in [0.15, 0.2) is 0 Å². The number of anilines is 1. The number of rotatable bonds is 5. The van der Waals surface area contributed by atoms with Crippen molar-refractivity contribution in [2.24, 2.45) is 5.92 Å². The van der Waals surface area contributed by atoms with Crippen molar-refractivity contribution < 1.29 is 4.79 Å². The predicted molar refractivity (Wildman–Crippen MR) is 91.0 cm³/mol. The Balaban J connectivity index is 1.39. The van der Waals surface area contributed by atoms with E-state index in [0.29, 0.717) is 5.92 Å². The summed E-state index contributed by atoms with van der Waals surface area (Å²) in [5.41, 5.74) is 5.57. The molecule has 1 atom stereocenters. The van der Waals surface area contributed by atoms with Crippen LogP contribution in [0.3, 0.4) is 0 Å². The number of likely N-dealkylation sites (tertiary alicyclic amines) is 1. The van der Waals surface area contributed by atoms with Crippen LogP contribution in [0.2, 0.25) is 0 Å². The van der Waals surface area contributed by atoms with Crippen LogP contribution in [-0.2, 0) is 11.3 Å². The van der Waals surface area contributed by atoms with Crippen LogP contribution in [0, 0.1) is 5.92 Å². The molecule has 0 aromatic carbocycles. The summed E-state index contributed by atoms with van der Waals surface area (Å²) in [6, 6.07) is 0.757. The van der Waals surface area contributed by atoms with Crippen molar-refractivity contribution in [1.29, 1.82) is 0 Å². The number of amides is 1. The first-order valence-electron chi connectivity index (χ1n) is 9.25. The fourth-order valence-corrected chi connectivity index (χ4v) is 3.93. The van der Waals surface area contributed by atoms with Gasteiger partial charge >= 0.3 is 0 Å². The Kier molecular flexibility index (Phi) is 6.01. The maximum atomic E-state index is 12.0. The molecule has 0 bridgehead atoms. The molecule has 2 heterocycles. The number of nitrogens with zero attached hydrogens (tertiary/aromatic N) is 5. The van der Waals surface area contributed by atoms with Crippen molar-refractivity contribution in [3.63, 3.8) is 0 Å². The number of hydrogen-bond donors (Lipinski definition) is 2. The summed E-state index contributed by atoms with van der Waals surface area (Å²) in [6.45, 7) is 3.09. The third-order valence-electron chi connectivity index (χ3n) is 5.35. The third kappa shape index (κ3) is 4.66. The van der Waals surface area contributed by atoms with Crippen molar-refractivity contribution in [1.82, 2.24) is 30.4 Å². The van der Waals surface area contributed by atoms with Crippen LogP contribution >= 0.6 is 0 Å². The van der Waals surface area contributed by atoms with E-state index in [4.69, 9.17) is 5.73 Å². The zero-order chi connectivity index (χ0) is 16.8. The zero-order valence-electron chi connectivity index (χ0n) is 14.4. The Morgan fingerprint density at radius 3 is 2.62 bits per heavy atom. The Morgan fingerprint density at radius 2 is 1.92 bits per heavy atom. The van der Waals surface area contributed by atoms with Gasteiger partial charge in [-0.1, -0.05) is 37.2 Å². The number of hydrogen-bond acceptors (Lipinski definition) is 6. The normalized spacial score (nSPS) is 23.8. The highest BCUT2D eigenvalue weighted by molar-refractivity contribution is 5.75. The zero-order valence-corrected chi connectivity index (χ0v) is 14.4. The van der Waals surface area contributed by atoms with Gasteiger partial charge in [0.05, 0.1) is 0 Å². The minimum Gasteiger partial charge on any atom is -0.367 e. The number of nitrogens with two attached hydrogens (primary N) is 1. The monoisotopic (exact) mass is 335 g/mol. The van der Waals surface area contributed by atoms with E-state index >= 15 is 0 Å². The molecule has 1 unspecified atom stereocenters. The van der Waals surface area contributed by atoms with Crippen LogP contribution in [-0.4, -0.2) is 56.7 Å². The summed E-state index contributed by atoms with van der Waals surface area (Å²) >= 11 is 0. The first kappa shape index (κ1) is 17.1. The van der Waals surface area contributed by atoms with Gasteiger partial charge in [-0.3, -0.25) is 4.79 Å². The van der Waals surface area contributed by atoms with Gasteiger partial charge < -0.3 is 16.0 Å². The van der Waals surface area contributed by atoms with Crippen LogP contribution < -0.4 is 11.1 Å². The number of nitrogen functional groups attached to an aromatic ring is 1. The molecule has 0 radical (unpaired) electrons. The van der Waals surface area contributed by atoms with Gasteiger partial charge in [0.1, 0.15) is 6.54 Å². The maximum absolute atomic E-state index is 12.0. The van der Waals surface area contributed by atoms with E-state index in [9.17, 15) is 4.79 Å². The molecule has 1 amide bonds. The van der Waals surface area contributed by atoms with Gasteiger partial charge in [-0.2, -0.15) is 0 Å². The van der Waals surface area contributed by atoms with Crippen molar-refractivity contribution in [2.75, 3.05) is 25.4 Å².